The Kier molecular flexibility index (Phi) is 6.10. The van der Waals surface area contributed by atoms with Gasteiger partial charge in [-0.3, -0.25) is 14.6 Å². The zero-order valence-electron chi connectivity index (χ0n) is 18.6. The third-order valence-corrected chi connectivity index (χ3v) is 7.13. The fourth-order valence-electron chi connectivity index (χ4n) is 4.32. The van der Waals surface area contributed by atoms with E-state index in [9.17, 15) is 14.0 Å². The van der Waals surface area contributed by atoms with Crippen LogP contribution in [0.4, 0.5) is 10.3 Å². The number of halogens is 1. The molecule has 174 valence electrons. The predicted molar refractivity (Wildman–Crippen MR) is 131 cm³/mol. The summed E-state index contributed by atoms with van der Waals surface area (Å²) in [6.45, 7) is 3.12. The molecule has 1 N–H and O–H groups in total. The first kappa shape index (κ1) is 22.2. The van der Waals surface area contributed by atoms with Crippen LogP contribution in [0.15, 0.2) is 65.0 Å². The van der Waals surface area contributed by atoms with Crippen molar-refractivity contribution in [3.63, 3.8) is 0 Å². The minimum atomic E-state index is -0.365. The van der Waals surface area contributed by atoms with Gasteiger partial charge in [-0.25, -0.2) is 13.9 Å². The number of piperidine rings is 1. The lowest BCUT2D eigenvalue weighted by molar-refractivity contribution is -0.126. The van der Waals surface area contributed by atoms with Gasteiger partial charge in [0.05, 0.1) is 17.2 Å². The minimum Gasteiger partial charge on any atom is -0.349 e. The lowest BCUT2D eigenvalue weighted by atomic mass is 9.95. The van der Waals surface area contributed by atoms with Gasteiger partial charge in [0.15, 0.2) is 0 Å². The maximum Gasteiger partial charge on any atom is 0.277 e. The van der Waals surface area contributed by atoms with E-state index in [1.165, 1.54) is 23.5 Å². The number of benzene rings is 1. The van der Waals surface area contributed by atoms with Crippen LogP contribution in [0.3, 0.4) is 0 Å². The number of carbonyl (C=O) groups is 1. The molecule has 1 atom stereocenters. The average Bonchev–Trinajstić information content (AvgIpc) is 3.34. The predicted octanol–water partition coefficient (Wildman–Crippen LogP) is 4.08. The van der Waals surface area contributed by atoms with Gasteiger partial charge in [0.1, 0.15) is 10.5 Å². The summed E-state index contributed by atoms with van der Waals surface area (Å²) in [4.78, 5) is 37.1. The second-order valence-corrected chi connectivity index (χ2v) is 9.36. The van der Waals surface area contributed by atoms with Crippen LogP contribution < -0.4 is 15.8 Å². The topological polar surface area (TPSA) is 80.1 Å². The molecule has 34 heavy (non-hydrogen) atoms. The van der Waals surface area contributed by atoms with E-state index in [0.717, 1.165) is 5.56 Å². The maximum atomic E-state index is 13.5. The summed E-state index contributed by atoms with van der Waals surface area (Å²) in [7, 11) is 0. The molecule has 1 saturated heterocycles. The molecule has 0 unspecified atom stereocenters. The Morgan fingerprint density at radius 3 is 2.65 bits per heavy atom. The quantitative estimate of drug-likeness (QED) is 0.469. The number of hydrogen-bond acceptors (Lipinski definition) is 6. The lowest BCUT2D eigenvalue weighted by Crippen LogP contribution is -2.43. The lowest BCUT2D eigenvalue weighted by Gasteiger charge is -2.33. The second kappa shape index (κ2) is 9.34. The van der Waals surface area contributed by atoms with Crippen LogP contribution in [0.5, 0.6) is 0 Å². The van der Waals surface area contributed by atoms with Gasteiger partial charge in [-0.15, -0.1) is 11.3 Å². The molecule has 4 aromatic rings. The van der Waals surface area contributed by atoms with Crippen molar-refractivity contribution in [1.82, 2.24) is 19.9 Å². The van der Waals surface area contributed by atoms with Gasteiger partial charge < -0.3 is 10.2 Å². The first-order valence-electron chi connectivity index (χ1n) is 11.2. The molecular formula is C25H24FN5O2S. The van der Waals surface area contributed by atoms with Crippen LogP contribution in [-0.4, -0.2) is 33.5 Å². The summed E-state index contributed by atoms with van der Waals surface area (Å²) in [5.41, 5.74) is 2.00. The van der Waals surface area contributed by atoms with E-state index in [2.05, 4.69) is 10.3 Å². The van der Waals surface area contributed by atoms with Crippen molar-refractivity contribution < 1.29 is 9.18 Å². The average molecular weight is 478 g/mol. The number of nitrogens with one attached hydrogen (secondary N) is 1. The number of hydrogen-bond donors (Lipinski definition) is 1. The molecule has 1 aliphatic heterocycles. The number of rotatable bonds is 5. The molecule has 0 aliphatic carbocycles. The van der Waals surface area contributed by atoms with Crippen molar-refractivity contribution in [2.24, 2.45) is 5.92 Å². The first-order chi connectivity index (χ1) is 16.5. The van der Waals surface area contributed by atoms with Crippen LogP contribution in [0, 0.1) is 11.7 Å². The zero-order valence-corrected chi connectivity index (χ0v) is 19.5. The largest absolute Gasteiger partial charge is 0.349 e. The molecule has 4 heterocycles. The highest BCUT2D eigenvalue weighted by molar-refractivity contribution is 7.17. The van der Waals surface area contributed by atoms with Crippen molar-refractivity contribution in [1.29, 1.82) is 0 Å². The zero-order chi connectivity index (χ0) is 23.7. The normalized spacial score (nSPS) is 15.4. The standard InChI is InChI=1S/C25H24FN5O2S/c1-16(18-3-2-11-27-15-18)28-23(32)17-8-12-30(13-9-17)25-29-21-10-14-34-22(21)24(33)31(25)20-6-4-19(26)5-7-20/h2-7,10-11,14-17H,8-9,12-13H2,1H3,(H,28,32)/t16-/m0/s1. The van der Waals surface area contributed by atoms with Crippen LogP contribution in [0.2, 0.25) is 0 Å². The summed E-state index contributed by atoms with van der Waals surface area (Å²) in [6.07, 6.45) is 4.76. The Morgan fingerprint density at radius 1 is 1.18 bits per heavy atom. The smallest absolute Gasteiger partial charge is 0.277 e. The summed E-state index contributed by atoms with van der Waals surface area (Å²) in [6, 6.07) is 11.4. The van der Waals surface area contributed by atoms with E-state index in [4.69, 9.17) is 4.98 Å². The Labute approximate surface area is 199 Å². The van der Waals surface area contributed by atoms with Gasteiger partial charge in [0.2, 0.25) is 11.9 Å². The van der Waals surface area contributed by atoms with Crippen LogP contribution >= 0.6 is 11.3 Å². The van der Waals surface area contributed by atoms with Gasteiger partial charge in [-0.2, -0.15) is 0 Å². The molecular weight excluding hydrogens is 453 g/mol. The Balaban J connectivity index is 1.36. The third-order valence-electron chi connectivity index (χ3n) is 6.24. The Bertz CT molecular complexity index is 1360. The van der Waals surface area contributed by atoms with Crippen LogP contribution in [-0.2, 0) is 4.79 Å². The summed E-state index contributed by atoms with van der Waals surface area (Å²) >= 11 is 1.34. The number of thiophene rings is 1. The molecule has 9 heteroatoms. The molecule has 0 bridgehead atoms. The van der Waals surface area contributed by atoms with E-state index in [1.807, 2.05) is 35.4 Å². The molecule has 3 aromatic heterocycles. The molecule has 7 nitrogen and oxygen atoms in total. The van der Waals surface area contributed by atoms with E-state index >= 15 is 0 Å². The summed E-state index contributed by atoms with van der Waals surface area (Å²) < 4.78 is 15.6. The highest BCUT2D eigenvalue weighted by atomic mass is 32.1. The van der Waals surface area contributed by atoms with Crippen molar-refractivity contribution in [3.05, 3.63) is 82.0 Å². The second-order valence-electron chi connectivity index (χ2n) is 8.44. The van der Waals surface area contributed by atoms with Gasteiger partial charge in [-0.05, 0) is 67.1 Å². The van der Waals surface area contributed by atoms with E-state index < -0.39 is 0 Å². The number of anilines is 1. The van der Waals surface area contributed by atoms with Crippen molar-refractivity contribution in [2.75, 3.05) is 18.0 Å². The number of carbonyl (C=O) groups excluding carboxylic acids is 1. The van der Waals surface area contributed by atoms with E-state index in [0.29, 0.717) is 47.8 Å². The fraction of sp³-hybridized carbons (Fsp3) is 0.280. The molecule has 0 radical (unpaired) electrons. The van der Waals surface area contributed by atoms with Crippen molar-refractivity contribution >= 4 is 33.4 Å². The number of pyridine rings is 1. The highest BCUT2D eigenvalue weighted by Crippen LogP contribution is 2.27. The molecule has 0 saturated carbocycles. The van der Waals surface area contributed by atoms with E-state index in [-0.39, 0.29) is 29.2 Å². The SMILES string of the molecule is C[C@H](NC(=O)C1CCN(c2nc3ccsc3c(=O)n2-c2ccc(F)cc2)CC1)c1cccnc1. The van der Waals surface area contributed by atoms with Gasteiger partial charge in [0.25, 0.3) is 5.56 Å². The Hall–Kier alpha value is -3.59. The minimum absolute atomic E-state index is 0.0215. The number of nitrogens with zero attached hydrogens (tertiary/aromatic N) is 4. The maximum absolute atomic E-state index is 13.5. The van der Waals surface area contributed by atoms with Gasteiger partial charge in [-0.1, -0.05) is 6.07 Å². The molecule has 0 spiro atoms. The van der Waals surface area contributed by atoms with Gasteiger partial charge in [0, 0.05) is 31.4 Å². The Morgan fingerprint density at radius 2 is 1.94 bits per heavy atom. The van der Waals surface area contributed by atoms with Crippen LogP contribution in [0.1, 0.15) is 31.4 Å². The third kappa shape index (κ3) is 4.31. The molecule has 5 rings (SSSR count). The number of fused-ring (bicyclic) bond motifs is 1. The molecule has 1 aromatic carbocycles. The molecule has 1 fully saturated rings. The highest BCUT2D eigenvalue weighted by Gasteiger charge is 2.29. The summed E-state index contributed by atoms with van der Waals surface area (Å²) in [5.74, 6) is 0.0559. The molecule has 1 aliphatic rings. The van der Waals surface area contributed by atoms with E-state index in [1.54, 1.807) is 29.1 Å². The van der Waals surface area contributed by atoms with Crippen molar-refractivity contribution in [2.45, 2.75) is 25.8 Å². The van der Waals surface area contributed by atoms with Crippen LogP contribution in [0.25, 0.3) is 15.9 Å². The number of aromatic nitrogens is 3. The monoisotopic (exact) mass is 477 g/mol. The van der Waals surface area contributed by atoms with Gasteiger partial charge >= 0.3 is 0 Å². The van der Waals surface area contributed by atoms with Crippen molar-refractivity contribution in [3.8, 4) is 5.69 Å². The first-order valence-corrected chi connectivity index (χ1v) is 12.1. The molecule has 1 amide bonds. The number of amides is 1. The fourth-order valence-corrected chi connectivity index (χ4v) is 5.08. The summed E-state index contributed by atoms with van der Waals surface area (Å²) in [5, 5.41) is 4.94.